The summed E-state index contributed by atoms with van der Waals surface area (Å²) in [5.41, 5.74) is 0. The predicted octanol–water partition coefficient (Wildman–Crippen LogP) is 4.00. The van der Waals surface area contributed by atoms with E-state index < -0.39 is 0 Å². The van der Waals surface area contributed by atoms with Gasteiger partial charge in [-0.2, -0.15) is 0 Å². The molecule has 0 aliphatic heterocycles. The number of hydrogen-bond acceptors (Lipinski definition) is 1. The van der Waals surface area contributed by atoms with Crippen molar-refractivity contribution in [2.45, 2.75) is 67.2 Å². The normalized spacial score (nSPS) is 10.1. The molecule has 0 saturated carbocycles. The molecule has 0 spiro atoms. The van der Waals surface area contributed by atoms with Crippen molar-refractivity contribution in [1.29, 1.82) is 0 Å². The minimum Gasteiger partial charge on any atom is -0.359 e. The van der Waals surface area contributed by atoms with E-state index in [1.54, 1.807) is 7.05 Å². The van der Waals surface area contributed by atoms with Crippen LogP contribution in [0.25, 0.3) is 0 Å². The maximum atomic E-state index is 10.8. The summed E-state index contributed by atoms with van der Waals surface area (Å²) in [7, 11) is 1.69. The van der Waals surface area contributed by atoms with Gasteiger partial charge in [0, 0.05) is 13.5 Å². The zero-order chi connectivity index (χ0) is 12.7. The fourth-order valence-electron chi connectivity index (χ4n) is 1.14. The lowest BCUT2D eigenvalue weighted by Crippen LogP contribution is -2.18. The molecule has 0 radical (unpaired) electrons. The van der Waals surface area contributed by atoms with Crippen molar-refractivity contribution in [3.05, 3.63) is 0 Å². The Morgan fingerprint density at radius 3 is 1.93 bits per heavy atom. The van der Waals surface area contributed by atoms with Gasteiger partial charge in [0.2, 0.25) is 5.91 Å². The number of nitrogens with one attached hydrogen (secondary N) is 1. The average Bonchev–Trinajstić information content (AvgIpc) is 2.31. The van der Waals surface area contributed by atoms with Crippen LogP contribution in [0.1, 0.15) is 67.2 Å². The van der Waals surface area contributed by atoms with Gasteiger partial charge in [0.15, 0.2) is 0 Å². The summed E-state index contributed by atoms with van der Waals surface area (Å²) >= 11 is 0. The summed E-state index contributed by atoms with van der Waals surface area (Å²) in [5.74, 6) is 0.852. The standard InChI is InChI=1S/C9H19NO.2C2H6/c1-4-5-8(2)6-7-9(11)10-3;2*1-2/h8H,4-7H2,1-3H3,(H,10,11);2*1-2H3. The molecule has 0 aromatic carbocycles. The Morgan fingerprint density at radius 1 is 1.13 bits per heavy atom. The lowest BCUT2D eigenvalue weighted by atomic mass is 10.0. The Morgan fingerprint density at radius 2 is 1.60 bits per heavy atom. The van der Waals surface area contributed by atoms with E-state index in [1.165, 1.54) is 12.8 Å². The largest absolute Gasteiger partial charge is 0.359 e. The monoisotopic (exact) mass is 217 g/mol. The van der Waals surface area contributed by atoms with E-state index >= 15 is 0 Å². The first-order valence-electron chi connectivity index (χ1n) is 6.41. The number of rotatable bonds is 5. The third-order valence-electron chi connectivity index (χ3n) is 1.92. The molecular weight excluding hydrogens is 186 g/mol. The third-order valence-corrected chi connectivity index (χ3v) is 1.92. The Hall–Kier alpha value is -0.530. The molecule has 1 N–H and O–H groups in total. The van der Waals surface area contributed by atoms with Crippen LogP contribution in [-0.4, -0.2) is 13.0 Å². The second-order valence-corrected chi connectivity index (χ2v) is 3.11. The van der Waals surface area contributed by atoms with Gasteiger partial charge in [-0.05, 0) is 12.3 Å². The van der Waals surface area contributed by atoms with E-state index in [-0.39, 0.29) is 5.91 Å². The molecule has 15 heavy (non-hydrogen) atoms. The Balaban J connectivity index is -0.000000318. The fraction of sp³-hybridized carbons (Fsp3) is 0.923. The van der Waals surface area contributed by atoms with Gasteiger partial charge in [0.05, 0.1) is 0 Å². The van der Waals surface area contributed by atoms with Crippen molar-refractivity contribution in [2.75, 3.05) is 7.05 Å². The molecular formula is C13H31NO. The smallest absolute Gasteiger partial charge is 0.219 e. The quantitative estimate of drug-likeness (QED) is 0.741. The van der Waals surface area contributed by atoms with Gasteiger partial charge in [0.25, 0.3) is 0 Å². The van der Waals surface area contributed by atoms with Crippen molar-refractivity contribution < 1.29 is 4.79 Å². The summed E-state index contributed by atoms with van der Waals surface area (Å²) in [6, 6.07) is 0. The topological polar surface area (TPSA) is 29.1 Å². The van der Waals surface area contributed by atoms with E-state index in [0.717, 1.165) is 6.42 Å². The fourth-order valence-corrected chi connectivity index (χ4v) is 1.14. The van der Waals surface area contributed by atoms with Crippen LogP contribution < -0.4 is 5.32 Å². The van der Waals surface area contributed by atoms with Crippen molar-refractivity contribution in [2.24, 2.45) is 5.92 Å². The number of carbonyl (C=O) groups excluding carboxylic acids is 1. The van der Waals surface area contributed by atoms with Crippen LogP contribution in [0.2, 0.25) is 0 Å². The van der Waals surface area contributed by atoms with Crippen LogP contribution in [0, 0.1) is 5.92 Å². The molecule has 0 fully saturated rings. The van der Waals surface area contributed by atoms with Gasteiger partial charge < -0.3 is 5.32 Å². The van der Waals surface area contributed by atoms with Crippen LogP contribution in [0.15, 0.2) is 0 Å². The van der Waals surface area contributed by atoms with Gasteiger partial charge in [-0.15, -0.1) is 0 Å². The van der Waals surface area contributed by atoms with E-state index in [0.29, 0.717) is 12.3 Å². The predicted molar refractivity (Wildman–Crippen MR) is 70.1 cm³/mol. The van der Waals surface area contributed by atoms with Crippen LogP contribution in [0.5, 0.6) is 0 Å². The molecule has 0 aromatic rings. The molecule has 0 bridgehead atoms. The van der Waals surface area contributed by atoms with Crippen LogP contribution in [-0.2, 0) is 4.79 Å². The first-order chi connectivity index (χ1) is 7.20. The summed E-state index contributed by atoms with van der Waals surface area (Å²) < 4.78 is 0. The number of carbonyl (C=O) groups is 1. The molecule has 1 atom stereocenters. The number of hydrogen-bond donors (Lipinski definition) is 1. The Bertz CT molecular complexity index is 113. The van der Waals surface area contributed by atoms with E-state index in [9.17, 15) is 4.79 Å². The molecule has 0 aromatic heterocycles. The molecule has 1 amide bonds. The van der Waals surface area contributed by atoms with E-state index in [4.69, 9.17) is 0 Å². The molecule has 0 saturated heterocycles. The first-order valence-corrected chi connectivity index (χ1v) is 6.41. The third kappa shape index (κ3) is 19.8. The lowest BCUT2D eigenvalue weighted by molar-refractivity contribution is -0.120. The van der Waals surface area contributed by atoms with Crippen LogP contribution >= 0.6 is 0 Å². The van der Waals surface area contributed by atoms with Gasteiger partial charge in [0.1, 0.15) is 0 Å². The maximum Gasteiger partial charge on any atom is 0.219 e. The minimum atomic E-state index is 0.160. The average molecular weight is 217 g/mol. The van der Waals surface area contributed by atoms with Gasteiger partial charge in [-0.3, -0.25) is 4.79 Å². The molecule has 94 valence electrons. The summed E-state index contributed by atoms with van der Waals surface area (Å²) in [5, 5.41) is 2.62. The van der Waals surface area contributed by atoms with Crippen LogP contribution in [0.4, 0.5) is 0 Å². The Kier molecular flexibility index (Phi) is 25.4. The highest BCUT2D eigenvalue weighted by molar-refractivity contribution is 5.75. The van der Waals surface area contributed by atoms with Gasteiger partial charge in [-0.25, -0.2) is 0 Å². The molecule has 0 rings (SSSR count). The molecule has 1 unspecified atom stereocenters. The molecule has 0 aliphatic carbocycles. The van der Waals surface area contributed by atoms with Gasteiger partial charge >= 0.3 is 0 Å². The highest BCUT2D eigenvalue weighted by Crippen LogP contribution is 2.11. The molecule has 2 nitrogen and oxygen atoms in total. The van der Waals surface area contributed by atoms with E-state index in [1.807, 2.05) is 27.7 Å². The Labute approximate surface area is 96.8 Å². The van der Waals surface area contributed by atoms with E-state index in [2.05, 4.69) is 19.2 Å². The summed E-state index contributed by atoms with van der Waals surface area (Å²) in [6.07, 6.45) is 4.15. The molecule has 2 heteroatoms. The SMILES string of the molecule is CC.CC.CCCC(C)CCC(=O)NC. The molecule has 0 aliphatic rings. The summed E-state index contributed by atoms with van der Waals surface area (Å²) in [6.45, 7) is 12.4. The van der Waals surface area contributed by atoms with Crippen LogP contribution in [0.3, 0.4) is 0 Å². The second-order valence-electron chi connectivity index (χ2n) is 3.11. The highest BCUT2D eigenvalue weighted by Gasteiger charge is 2.03. The first kappa shape index (κ1) is 20.0. The van der Waals surface area contributed by atoms with Crippen molar-refractivity contribution in [3.63, 3.8) is 0 Å². The second kappa shape index (κ2) is 19.1. The zero-order valence-electron chi connectivity index (χ0n) is 11.8. The maximum absolute atomic E-state index is 10.8. The highest BCUT2D eigenvalue weighted by atomic mass is 16.1. The number of amides is 1. The summed E-state index contributed by atoms with van der Waals surface area (Å²) in [4.78, 5) is 10.8. The zero-order valence-corrected chi connectivity index (χ0v) is 11.8. The van der Waals surface area contributed by atoms with Crippen molar-refractivity contribution in [3.8, 4) is 0 Å². The van der Waals surface area contributed by atoms with Gasteiger partial charge in [-0.1, -0.05) is 54.4 Å². The van der Waals surface area contributed by atoms with Crippen molar-refractivity contribution >= 4 is 5.91 Å². The minimum absolute atomic E-state index is 0.160. The van der Waals surface area contributed by atoms with Crippen molar-refractivity contribution in [1.82, 2.24) is 5.32 Å². The molecule has 0 heterocycles. The lowest BCUT2D eigenvalue weighted by Gasteiger charge is -2.07.